The van der Waals surface area contributed by atoms with Gasteiger partial charge in [-0.2, -0.15) is 0 Å². The molecule has 5 aromatic rings. The fourth-order valence-corrected chi connectivity index (χ4v) is 11.5. The van der Waals surface area contributed by atoms with Crippen molar-refractivity contribution in [2.45, 2.75) is 74.6 Å². The molecule has 0 radical (unpaired) electrons. The second-order valence-corrected chi connectivity index (χ2v) is 17.2. The van der Waals surface area contributed by atoms with E-state index in [-0.39, 0.29) is 19.8 Å². The highest BCUT2D eigenvalue weighted by atomic mass is 31.2. The van der Waals surface area contributed by atoms with E-state index in [1.54, 1.807) is 6.20 Å². The van der Waals surface area contributed by atoms with Gasteiger partial charge in [0.25, 0.3) is 0 Å². The fourth-order valence-electron chi connectivity index (χ4n) is 7.24. The van der Waals surface area contributed by atoms with Gasteiger partial charge in [-0.25, -0.2) is 4.68 Å². The molecule has 2 aliphatic rings. The van der Waals surface area contributed by atoms with Gasteiger partial charge in [0.15, 0.2) is 12.6 Å². The highest BCUT2D eigenvalue weighted by molar-refractivity contribution is 8.01. The Morgan fingerprint density at radius 3 is 1.68 bits per heavy atom. The maximum Gasteiger partial charge on any atom is 0.187 e. The van der Waals surface area contributed by atoms with E-state index in [2.05, 4.69) is 95.2 Å². The molecule has 15 nitrogen and oxygen atoms in total. The maximum absolute atomic E-state index is 10.9. The molecular formula is C41H47N3O12P+. The first-order chi connectivity index (χ1) is 27.7. The summed E-state index contributed by atoms with van der Waals surface area (Å²) >= 11 is 0. The first-order valence-corrected chi connectivity index (χ1v) is 20.4. The van der Waals surface area contributed by atoms with Crippen LogP contribution >= 0.6 is 7.26 Å². The van der Waals surface area contributed by atoms with E-state index in [1.165, 1.54) is 25.9 Å². The summed E-state index contributed by atoms with van der Waals surface area (Å²) in [5, 5.41) is 84.8. The van der Waals surface area contributed by atoms with Gasteiger partial charge >= 0.3 is 0 Å². The van der Waals surface area contributed by atoms with Gasteiger partial charge in [0, 0.05) is 0 Å². The minimum Gasteiger partial charge on any atom is -0.487 e. The summed E-state index contributed by atoms with van der Waals surface area (Å²) in [6, 6.07) is 40.0. The summed E-state index contributed by atoms with van der Waals surface area (Å²) < 4.78 is 30.0. The van der Waals surface area contributed by atoms with E-state index in [1.807, 2.05) is 30.3 Å². The number of hydrogen-bond acceptors (Lipinski definition) is 14. The van der Waals surface area contributed by atoms with Crippen molar-refractivity contribution in [3.05, 3.63) is 127 Å². The number of rotatable bonds is 15. The monoisotopic (exact) mass is 804 g/mol. The molecule has 0 bridgehead atoms. The summed E-state index contributed by atoms with van der Waals surface area (Å²) in [6.45, 7) is -1.03. The van der Waals surface area contributed by atoms with Crippen molar-refractivity contribution in [1.82, 2.24) is 15.0 Å². The van der Waals surface area contributed by atoms with Gasteiger partial charge in [0.05, 0.1) is 32.6 Å². The summed E-state index contributed by atoms with van der Waals surface area (Å²) in [5.41, 5.74) is 0.566. The van der Waals surface area contributed by atoms with Gasteiger partial charge in [0.2, 0.25) is 0 Å². The largest absolute Gasteiger partial charge is 0.487 e. The predicted octanol–water partition coefficient (Wildman–Crippen LogP) is -0.883. The van der Waals surface area contributed by atoms with E-state index >= 15 is 0 Å². The number of ether oxygens (including phenoxy) is 5. The third-order valence-corrected chi connectivity index (χ3v) is 14.5. The Morgan fingerprint density at radius 1 is 0.596 bits per heavy atom. The van der Waals surface area contributed by atoms with Crippen molar-refractivity contribution in [3.63, 3.8) is 0 Å². The SMILES string of the molecule is OC[C@H]1O[C@@H](O[C@H]2[C@H](O)[C@@H](O)[C@H](OCCn3cc(COc4ccc([P+](c5ccccc5)(c5ccccc5)c5ccccc5)cc4)nn3)O[C@@H]2CO)[C@H](O)[C@@H](O)[C@H]1O. The van der Waals surface area contributed by atoms with Crippen LogP contribution in [0.15, 0.2) is 121 Å². The van der Waals surface area contributed by atoms with Crippen molar-refractivity contribution in [3.8, 4) is 5.75 Å². The summed E-state index contributed by atoms with van der Waals surface area (Å²) in [4.78, 5) is 0. The molecule has 7 N–H and O–H groups in total. The number of aliphatic hydroxyl groups excluding tert-OH is 7. The number of aliphatic hydroxyl groups is 7. The fraction of sp³-hybridized carbons (Fsp3) is 0.366. The molecule has 0 unspecified atom stereocenters. The number of benzene rings is 4. The summed E-state index contributed by atoms with van der Waals surface area (Å²) in [7, 11) is -2.24. The lowest BCUT2D eigenvalue weighted by atomic mass is 9.97. The zero-order valence-electron chi connectivity index (χ0n) is 30.8. The summed E-state index contributed by atoms with van der Waals surface area (Å²) in [6.07, 6.45) is -13.6. The molecular weight excluding hydrogens is 757 g/mol. The highest BCUT2D eigenvalue weighted by Crippen LogP contribution is 2.54. The van der Waals surface area contributed by atoms with Crippen LogP contribution in [0, 0.1) is 0 Å². The lowest BCUT2D eigenvalue weighted by molar-refractivity contribution is -0.359. The van der Waals surface area contributed by atoms with Crippen molar-refractivity contribution in [2.75, 3.05) is 19.8 Å². The standard InChI is InChI=1S/C41H47N3O12P/c45-23-32-34(47)35(48)37(50)41(54-32)56-39-33(24-46)55-40(38(51)36(39)49)52-21-20-44-22-26(42-43-44)25-53-27-16-18-31(19-17-27)57(28-10-4-1-5-11-28,29-12-6-2-7-13-29)30-14-8-3-9-15-30/h1-19,22,32-41,45-51H,20-21,23-25H2/q+1/t32-,33-,34+,35+,36-,37-,38-,39-,40-,41+/m1/s1. The maximum atomic E-state index is 10.9. The molecule has 2 aliphatic heterocycles. The molecule has 3 heterocycles. The first-order valence-electron chi connectivity index (χ1n) is 18.6. The van der Waals surface area contributed by atoms with Crippen LogP contribution in [0.5, 0.6) is 5.75 Å². The van der Waals surface area contributed by atoms with Gasteiger partial charge in [-0.1, -0.05) is 59.8 Å². The predicted molar refractivity (Wildman–Crippen MR) is 208 cm³/mol. The zero-order valence-corrected chi connectivity index (χ0v) is 31.7. The normalized spacial score (nSPS) is 27.9. The van der Waals surface area contributed by atoms with Crippen molar-refractivity contribution in [2.24, 2.45) is 0 Å². The topological polar surface area (TPSA) is 218 Å². The van der Waals surface area contributed by atoms with E-state index in [0.717, 1.165) is 0 Å². The molecule has 0 aliphatic carbocycles. The Labute approximate surface area is 329 Å². The first kappa shape index (κ1) is 41.0. The molecule has 57 heavy (non-hydrogen) atoms. The third kappa shape index (κ3) is 8.66. The Morgan fingerprint density at radius 2 is 1.12 bits per heavy atom. The molecule has 0 amide bonds. The summed E-state index contributed by atoms with van der Waals surface area (Å²) in [5.74, 6) is 0.665. The van der Waals surface area contributed by atoms with Crippen LogP contribution in [0.25, 0.3) is 0 Å². The van der Waals surface area contributed by atoms with Crippen molar-refractivity contribution < 1.29 is 59.4 Å². The van der Waals surface area contributed by atoms with Gasteiger partial charge in [-0.05, 0) is 60.7 Å². The minimum atomic E-state index is -2.24. The van der Waals surface area contributed by atoms with Crippen LogP contribution in [0.4, 0.5) is 0 Å². The van der Waals surface area contributed by atoms with E-state index in [9.17, 15) is 35.7 Å². The molecule has 2 saturated heterocycles. The second-order valence-electron chi connectivity index (χ2n) is 13.8. The lowest BCUT2D eigenvalue weighted by Crippen LogP contribution is -2.64. The second kappa shape index (κ2) is 18.6. The number of nitrogens with zero attached hydrogens (tertiary/aromatic N) is 3. The molecule has 1 aromatic heterocycles. The molecule has 7 rings (SSSR count). The molecule has 302 valence electrons. The van der Waals surface area contributed by atoms with Gasteiger partial charge in [0.1, 0.15) is 95.4 Å². The Hall–Kier alpha value is -4.19. The molecule has 10 atom stereocenters. The van der Waals surface area contributed by atoms with Crippen LogP contribution in [0.1, 0.15) is 5.69 Å². The quantitative estimate of drug-likeness (QED) is 0.0640. The van der Waals surface area contributed by atoms with Gasteiger partial charge in [-0.3, -0.25) is 0 Å². The molecule has 16 heteroatoms. The van der Waals surface area contributed by atoms with Crippen molar-refractivity contribution >= 4 is 28.5 Å². The van der Waals surface area contributed by atoms with Gasteiger partial charge < -0.3 is 59.4 Å². The minimum absolute atomic E-state index is 0.0228. The van der Waals surface area contributed by atoms with Crippen LogP contribution in [-0.4, -0.2) is 132 Å². The average molecular weight is 805 g/mol. The Balaban J connectivity index is 0.955. The van der Waals surface area contributed by atoms with Crippen LogP contribution < -0.4 is 26.0 Å². The molecule has 0 spiro atoms. The molecule has 2 fully saturated rings. The number of hydrogen-bond donors (Lipinski definition) is 7. The van der Waals surface area contributed by atoms with E-state index in [0.29, 0.717) is 11.4 Å². The third-order valence-electron chi connectivity index (χ3n) is 10.2. The van der Waals surface area contributed by atoms with E-state index in [4.69, 9.17) is 23.7 Å². The highest BCUT2D eigenvalue weighted by Gasteiger charge is 2.51. The molecule has 4 aromatic carbocycles. The zero-order chi connectivity index (χ0) is 39.9. The Bertz CT molecular complexity index is 1880. The number of aromatic nitrogens is 3. The van der Waals surface area contributed by atoms with Gasteiger partial charge in [-0.15, -0.1) is 5.10 Å². The molecule has 0 saturated carbocycles. The Kier molecular flexibility index (Phi) is 13.4. The smallest absolute Gasteiger partial charge is 0.187 e. The van der Waals surface area contributed by atoms with E-state index < -0.39 is 81.9 Å². The average Bonchev–Trinajstić information content (AvgIpc) is 3.72. The van der Waals surface area contributed by atoms with Crippen LogP contribution in [0.2, 0.25) is 0 Å². The van der Waals surface area contributed by atoms with Crippen LogP contribution in [0.3, 0.4) is 0 Å². The van der Waals surface area contributed by atoms with Crippen LogP contribution in [-0.2, 0) is 32.1 Å². The van der Waals surface area contributed by atoms with Crippen molar-refractivity contribution in [1.29, 1.82) is 0 Å². The lowest BCUT2D eigenvalue weighted by Gasteiger charge is -2.45.